The summed E-state index contributed by atoms with van der Waals surface area (Å²) in [6, 6.07) is 9.54. The number of carbonyl (C=O) groups excluding carboxylic acids is 1. The first-order valence-electron chi connectivity index (χ1n) is 5.48. The van der Waals surface area contributed by atoms with Gasteiger partial charge in [-0.25, -0.2) is 9.18 Å². The smallest absolute Gasteiger partial charge is 0.340 e. The average Bonchev–Trinajstić information content (AvgIpc) is 2.26. The number of halogens is 1. The summed E-state index contributed by atoms with van der Waals surface area (Å²) in [6.45, 7) is 3.42. The highest BCUT2D eigenvalue weighted by molar-refractivity contribution is 5.74. The van der Waals surface area contributed by atoms with E-state index in [1.165, 1.54) is 0 Å². The summed E-state index contributed by atoms with van der Waals surface area (Å²) in [5.74, 6) is -0.758. The lowest BCUT2D eigenvalue weighted by Gasteiger charge is -2.11. The first-order valence-corrected chi connectivity index (χ1v) is 5.48. The molecular formula is C13H17FO2. The summed E-state index contributed by atoms with van der Waals surface area (Å²) < 4.78 is 18.2. The second kappa shape index (κ2) is 6.26. The fourth-order valence-electron chi connectivity index (χ4n) is 1.36. The Labute approximate surface area is 95.4 Å². The number of hydrogen-bond donors (Lipinski definition) is 0. The molecule has 0 bridgehead atoms. The lowest BCUT2D eigenvalue weighted by molar-refractivity contribution is -0.153. The first kappa shape index (κ1) is 12.7. The highest BCUT2D eigenvalue weighted by atomic mass is 19.1. The van der Waals surface area contributed by atoms with Crippen molar-refractivity contribution in [2.45, 2.75) is 39.0 Å². The van der Waals surface area contributed by atoms with E-state index in [2.05, 4.69) is 0 Å². The highest BCUT2D eigenvalue weighted by Crippen LogP contribution is 2.09. The summed E-state index contributed by atoms with van der Waals surface area (Å²) in [4.78, 5) is 11.2. The lowest BCUT2D eigenvalue weighted by atomic mass is 10.1. The molecule has 0 aliphatic heterocycles. The molecule has 1 aromatic rings. The standard InChI is InChI=1S/C13H17FO2/c1-10(2)16-13(15)12(14)9-8-11-6-4-3-5-7-11/h3-7,10,12H,8-9H2,1-2H3. The summed E-state index contributed by atoms with van der Waals surface area (Å²) in [5.41, 5.74) is 1.03. The van der Waals surface area contributed by atoms with E-state index in [0.29, 0.717) is 6.42 Å². The van der Waals surface area contributed by atoms with Gasteiger partial charge in [-0.1, -0.05) is 30.3 Å². The zero-order valence-electron chi connectivity index (χ0n) is 9.65. The molecule has 1 unspecified atom stereocenters. The Morgan fingerprint density at radius 1 is 1.31 bits per heavy atom. The Kier molecular flexibility index (Phi) is 4.96. The zero-order valence-corrected chi connectivity index (χ0v) is 9.65. The van der Waals surface area contributed by atoms with Gasteiger partial charge in [-0.2, -0.15) is 0 Å². The molecular weight excluding hydrogens is 207 g/mol. The number of hydrogen-bond acceptors (Lipinski definition) is 2. The molecule has 1 aromatic carbocycles. The van der Waals surface area contributed by atoms with Gasteiger partial charge in [-0.3, -0.25) is 0 Å². The molecule has 0 aliphatic rings. The summed E-state index contributed by atoms with van der Waals surface area (Å²) >= 11 is 0. The number of esters is 1. The normalized spacial score (nSPS) is 12.5. The second-order valence-corrected chi connectivity index (χ2v) is 3.98. The number of carbonyl (C=O) groups is 1. The van der Waals surface area contributed by atoms with Crippen molar-refractivity contribution in [1.29, 1.82) is 0 Å². The van der Waals surface area contributed by atoms with Crippen molar-refractivity contribution in [3.8, 4) is 0 Å². The molecule has 0 spiro atoms. The fourth-order valence-corrected chi connectivity index (χ4v) is 1.36. The maximum Gasteiger partial charge on any atom is 0.340 e. The van der Waals surface area contributed by atoms with E-state index >= 15 is 0 Å². The molecule has 0 aromatic heterocycles. The molecule has 0 aliphatic carbocycles. The Balaban J connectivity index is 2.35. The number of aryl methyl sites for hydroxylation is 1. The van der Waals surface area contributed by atoms with Crippen LogP contribution in [0.25, 0.3) is 0 Å². The largest absolute Gasteiger partial charge is 0.461 e. The topological polar surface area (TPSA) is 26.3 Å². The van der Waals surface area contributed by atoms with Crippen molar-refractivity contribution >= 4 is 5.97 Å². The zero-order chi connectivity index (χ0) is 12.0. The van der Waals surface area contributed by atoms with Gasteiger partial charge in [-0.05, 0) is 32.3 Å². The molecule has 1 rings (SSSR count). The van der Waals surface area contributed by atoms with Gasteiger partial charge < -0.3 is 4.74 Å². The minimum Gasteiger partial charge on any atom is -0.461 e. The van der Waals surface area contributed by atoms with Crippen molar-refractivity contribution < 1.29 is 13.9 Å². The van der Waals surface area contributed by atoms with Crippen LogP contribution in [0.5, 0.6) is 0 Å². The third-order valence-corrected chi connectivity index (χ3v) is 2.14. The van der Waals surface area contributed by atoms with E-state index in [1.807, 2.05) is 30.3 Å². The predicted molar refractivity (Wildman–Crippen MR) is 60.9 cm³/mol. The number of ether oxygens (including phenoxy) is 1. The van der Waals surface area contributed by atoms with Crippen molar-refractivity contribution in [2.24, 2.45) is 0 Å². The molecule has 88 valence electrons. The first-order chi connectivity index (χ1) is 7.59. The van der Waals surface area contributed by atoms with Gasteiger partial charge in [-0.15, -0.1) is 0 Å². The van der Waals surface area contributed by atoms with Crippen molar-refractivity contribution in [1.82, 2.24) is 0 Å². The van der Waals surface area contributed by atoms with E-state index in [1.54, 1.807) is 13.8 Å². The molecule has 3 heteroatoms. The Morgan fingerprint density at radius 2 is 1.94 bits per heavy atom. The number of benzene rings is 1. The van der Waals surface area contributed by atoms with Crippen molar-refractivity contribution in [3.05, 3.63) is 35.9 Å². The SMILES string of the molecule is CC(C)OC(=O)C(F)CCc1ccccc1. The van der Waals surface area contributed by atoms with Gasteiger partial charge in [0.05, 0.1) is 6.10 Å². The summed E-state index contributed by atoms with van der Waals surface area (Å²) in [6.07, 6.45) is -1.06. The lowest BCUT2D eigenvalue weighted by Crippen LogP contribution is -2.22. The minimum absolute atomic E-state index is 0.176. The van der Waals surface area contributed by atoms with Crippen LogP contribution in [0.2, 0.25) is 0 Å². The van der Waals surface area contributed by atoms with Crippen LogP contribution in [0.1, 0.15) is 25.8 Å². The molecule has 0 N–H and O–H groups in total. The van der Waals surface area contributed by atoms with Gasteiger partial charge >= 0.3 is 5.97 Å². The van der Waals surface area contributed by atoms with E-state index in [0.717, 1.165) is 5.56 Å². The monoisotopic (exact) mass is 224 g/mol. The fraction of sp³-hybridized carbons (Fsp3) is 0.462. The summed E-state index contributed by atoms with van der Waals surface area (Å²) in [7, 11) is 0. The summed E-state index contributed by atoms with van der Waals surface area (Å²) in [5, 5.41) is 0. The van der Waals surface area contributed by atoms with Crippen LogP contribution in [0, 0.1) is 0 Å². The van der Waals surface area contributed by atoms with Gasteiger partial charge in [0, 0.05) is 0 Å². The molecule has 0 radical (unpaired) electrons. The molecule has 0 saturated carbocycles. The number of rotatable bonds is 5. The van der Waals surface area contributed by atoms with Crippen LogP contribution >= 0.6 is 0 Å². The third-order valence-electron chi connectivity index (χ3n) is 2.14. The van der Waals surface area contributed by atoms with Gasteiger partial charge in [0.25, 0.3) is 0 Å². The molecule has 0 saturated heterocycles. The quantitative estimate of drug-likeness (QED) is 0.719. The second-order valence-electron chi connectivity index (χ2n) is 3.98. The maximum atomic E-state index is 13.4. The van der Waals surface area contributed by atoms with Gasteiger partial charge in [0.2, 0.25) is 0 Å². The molecule has 0 fully saturated rings. The van der Waals surface area contributed by atoms with Gasteiger partial charge in [0.1, 0.15) is 0 Å². The van der Waals surface area contributed by atoms with Crippen molar-refractivity contribution in [2.75, 3.05) is 0 Å². The maximum absolute atomic E-state index is 13.4. The number of alkyl halides is 1. The van der Waals surface area contributed by atoms with Crippen LogP contribution in [0.4, 0.5) is 4.39 Å². The van der Waals surface area contributed by atoms with Crippen LogP contribution in [-0.4, -0.2) is 18.2 Å². The molecule has 0 amide bonds. The van der Waals surface area contributed by atoms with Crippen LogP contribution < -0.4 is 0 Å². The van der Waals surface area contributed by atoms with Crippen LogP contribution in [0.15, 0.2) is 30.3 Å². The van der Waals surface area contributed by atoms with E-state index in [-0.39, 0.29) is 12.5 Å². The predicted octanol–water partition coefficient (Wildman–Crippen LogP) is 2.91. The Bertz CT molecular complexity index is 322. The van der Waals surface area contributed by atoms with Crippen LogP contribution in [0.3, 0.4) is 0 Å². The molecule has 1 atom stereocenters. The Hall–Kier alpha value is -1.38. The van der Waals surface area contributed by atoms with Gasteiger partial charge in [0.15, 0.2) is 6.17 Å². The van der Waals surface area contributed by atoms with Crippen molar-refractivity contribution in [3.63, 3.8) is 0 Å². The Morgan fingerprint density at radius 3 is 2.50 bits per heavy atom. The van der Waals surface area contributed by atoms with Crippen LogP contribution in [-0.2, 0) is 16.0 Å². The van der Waals surface area contributed by atoms with E-state index in [4.69, 9.17) is 4.74 Å². The van der Waals surface area contributed by atoms with E-state index in [9.17, 15) is 9.18 Å². The minimum atomic E-state index is -1.53. The molecule has 0 heterocycles. The van der Waals surface area contributed by atoms with E-state index < -0.39 is 12.1 Å². The highest BCUT2D eigenvalue weighted by Gasteiger charge is 2.19. The molecule has 16 heavy (non-hydrogen) atoms. The average molecular weight is 224 g/mol. The third kappa shape index (κ3) is 4.43. The molecule has 2 nitrogen and oxygen atoms in total.